The second kappa shape index (κ2) is 9.29. The summed E-state index contributed by atoms with van der Waals surface area (Å²) in [5, 5.41) is 2.83. The zero-order valence-corrected chi connectivity index (χ0v) is 19.4. The first-order valence-electron chi connectivity index (χ1n) is 10.8. The van der Waals surface area contributed by atoms with Crippen LogP contribution in [0.5, 0.6) is 0 Å². The van der Waals surface area contributed by atoms with Crippen LogP contribution in [-0.2, 0) is 16.6 Å². The molecule has 1 aliphatic rings. The number of ketones is 1. The molecule has 1 fully saturated rings. The van der Waals surface area contributed by atoms with Crippen molar-refractivity contribution in [3.8, 4) is 0 Å². The molecule has 0 bridgehead atoms. The van der Waals surface area contributed by atoms with Gasteiger partial charge in [0.2, 0.25) is 10.0 Å². The van der Waals surface area contributed by atoms with Crippen molar-refractivity contribution >= 4 is 21.7 Å². The minimum absolute atomic E-state index is 0.0422. The number of nitrogens with one attached hydrogen (secondary N) is 2. The minimum Gasteiger partial charge on any atom is -0.348 e. The Kier molecular flexibility index (Phi) is 6.44. The summed E-state index contributed by atoms with van der Waals surface area (Å²) in [5.74, 6) is -0.573. The Bertz CT molecular complexity index is 1310. The van der Waals surface area contributed by atoms with Crippen LogP contribution in [0.15, 0.2) is 71.6 Å². The average molecular weight is 463 g/mol. The third-order valence-electron chi connectivity index (χ3n) is 5.77. The molecular formula is C26H26N2O4S. The zero-order chi connectivity index (χ0) is 23.6. The maximum atomic E-state index is 13.1. The molecule has 1 saturated carbocycles. The van der Waals surface area contributed by atoms with Crippen LogP contribution in [0.3, 0.4) is 0 Å². The lowest BCUT2D eigenvalue weighted by molar-refractivity contribution is 0.0939. The Balaban J connectivity index is 1.46. The van der Waals surface area contributed by atoms with Crippen molar-refractivity contribution in [3.05, 3.63) is 100 Å². The van der Waals surface area contributed by atoms with Gasteiger partial charge in [-0.05, 0) is 67.6 Å². The summed E-state index contributed by atoms with van der Waals surface area (Å²) >= 11 is 0. The van der Waals surface area contributed by atoms with Gasteiger partial charge in [0.25, 0.3) is 5.91 Å². The predicted molar refractivity (Wildman–Crippen MR) is 127 cm³/mol. The maximum Gasteiger partial charge on any atom is 0.252 e. The fraction of sp³-hybridized carbons (Fsp3) is 0.231. The van der Waals surface area contributed by atoms with Gasteiger partial charge in [0.15, 0.2) is 5.78 Å². The van der Waals surface area contributed by atoms with Crippen LogP contribution in [-0.4, -0.2) is 26.2 Å². The van der Waals surface area contributed by atoms with E-state index >= 15 is 0 Å². The first-order valence-corrected chi connectivity index (χ1v) is 12.3. The molecule has 0 aliphatic heterocycles. The number of rotatable bonds is 8. The lowest BCUT2D eigenvalue weighted by atomic mass is 9.95. The molecule has 1 amide bonds. The van der Waals surface area contributed by atoms with Crippen LogP contribution >= 0.6 is 0 Å². The van der Waals surface area contributed by atoms with Gasteiger partial charge in [-0.3, -0.25) is 9.59 Å². The van der Waals surface area contributed by atoms with Crippen molar-refractivity contribution in [2.24, 2.45) is 0 Å². The van der Waals surface area contributed by atoms with E-state index in [2.05, 4.69) is 10.0 Å². The molecule has 1 aliphatic carbocycles. The van der Waals surface area contributed by atoms with Crippen molar-refractivity contribution in [1.29, 1.82) is 0 Å². The zero-order valence-electron chi connectivity index (χ0n) is 18.6. The van der Waals surface area contributed by atoms with Gasteiger partial charge < -0.3 is 5.32 Å². The highest BCUT2D eigenvalue weighted by Crippen LogP contribution is 2.22. The standard InChI is InChI=1S/C26H26N2O4S/c1-17-7-10-20(15-18(17)2)25(29)23-5-3-4-6-24(23)26(30)27-16-19-8-13-22(14-9-19)33(31,32)28-21-11-12-21/h3-10,13-15,21,28H,11-12,16H2,1-2H3,(H,27,30). The number of hydrogen-bond acceptors (Lipinski definition) is 4. The van der Waals surface area contributed by atoms with Gasteiger partial charge in [0.05, 0.1) is 10.5 Å². The van der Waals surface area contributed by atoms with Gasteiger partial charge >= 0.3 is 0 Å². The Morgan fingerprint density at radius 3 is 2.18 bits per heavy atom. The van der Waals surface area contributed by atoms with E-state index in [0.717, 1.165) is 29.5 Å². The normalized spacial score (nSPS) is 13.5. The molecule has 6 nitrogen and oxygen atoms in total. The summed E-state index contributed by atoms with van der Waals surface area (Å²) in [4.78, 5) is 26.2. The summed E-state index contributed by atoms with van der Waals surface area (Å²) < 4.78 is 27.2. The molecule has 3 aromatic rings. The van der Waals surface area contributed by atoms with E-state index < -0.39 is 10.0 Å². The van der Waals surface area contributed by atoms with Crippen molar-refractivity contribution < 1.29 is 18.0 Å². The van der Waals surface area contributed by atoms with Crippen molar-refractivity contribution in [1.82, 2.24) is 10.0 Å². The van der Waals surface area contributed by atoms with E-state index in [1.54, 1.807) is 42.5 Å². The first kappa shape index (κ1) is 22.9. The number of hydrogen-bond donors (Lipinski definition) is 2. The van der Waals surface area contributed by atoms with Crippen LogP contribution in [0.2, 0.25) is 0 Å². The van der Waals surface area contributed by atoms with Crippen molar-refractivity contribution in [3.63, 3.8) is 0 Å². The predicted octanol–water partition coefficient (Wildman–Crippen LogP) is 3.91. The van der Waals surface area contributed by atoms with Crippen LogP contribution in [0, 0.1) is 13.8 Å². The van der Waals surface area contributed by atoms with Crippen LogP contribution in [0.4, 0.5) is 0 Å². The number of aryl methyl sites for hydroxylation is 2. The quantitative estimate of drug-likeness (QED) is 0.497. The first-order chi connectivity index (χ1) is 15.7. The van der Waals surface area contributed by atoms with Gasteiger partial charge in [-0.25, -0.2) is 13.1 Å². The van der Waals surface area contributed by atoms with E-state index in [1.807, 2.05) is 26.0 Å². The van der Waals surface area contributed by atoms with E-state index in [0.29, 0.717) is 16.7 Å². The van der Waals surface area contributed by atoms with Crippen LogP contribution < -0.4 is 10.0 Å². The molecular weight excluding hydrogens is 436 g/mol. The number of carbonyl (C=O) groups excluding carboxylic acids is 2. The van der Waals surface area contributed by atoms with E-state index in [1.165, 1.54) is 12.1 Å². The number of amides is 1. The van der Waals surface area contributed by atoms with Crippen LogP contribution in [0.1, 0.15) is 55.8 Å². The third-order valence-corrected chi connectivity index (χ3v) is 7.31. The largest absolute Gasteiger partial charge is 0.348 e. The monoisotopic (exact) mass is 462 g/mol. The highest BCUT2D eigenvalue weighted by Gasteiger charge is 2.27. The second-order valence-electron chi connectivity index (χ2n) is 8.40. The molecule has 0 saturated heterocycles. The molecule has 0 unspecified atom stereocenters. The topological polar surface area (TPSA) is 92.3 Å². The average Bonchev–Trinajstić information content (AvgIpc) is 3.62. The smallest absolute Gasteiger partial charge is 0.252 e. The molecule has 0 atom stereocenters. The number of carbonyl (C=O) groups is 2. The molecule has 3 aromatic carbocycles. The Morgan fingerprint density at radius 1 is 0.879 bits per heavy atom. The molecule has 4 rings (SSSR count). The molecule has 2 N–H and O–H groups in total. The third kappa shape index (κ3) is 5.38. The lowest BCUT2D eigenvalue weighted by Gasteiger charge is -2.11. The molecule has 0 heterocycles. The van der Waals surface area contributed by atoms with Gasteiger partial charge in [-0.15, -0.1) is 0 Å². The summed E-state index contributed by atoms with van der Waals surface area (Å²) in [5.41, 5.74) is 4.04. The van der Waals surface area contributed by atoms with E-state index in [9.17, 15) is 18.0 Å². The molecule has 170 valence electrons. The van der Waals surface area contributed by atoms with Crippen molar-refractivity contribution in [2.75, 3.05) is 0 Å². The molecule has 33 heavy (non-hydrogen) atoms. The summed E-state index contributed by atoms with van der Waals surface area (Å²) in [6.45, 7) is 4.14. The molecule has 0 aromatic heterocycles. The fourth-order valence-electron chi connectivity index (χ4n) is 3.47. The second-order valence-corrected chi connectivity index (χ2v) is 10.1. The fourth-order valence-corrected chi connectivity index (χ4v) is 4.77. The number of sulfonamides is 1. The summed E-state index contributed by atoms with van der Waals surface area (Å²) in [7, 11) is -3.51. The molecule has 0 radical (unpaired) electrons. The van der Waals surface area contributed by atoms with Gasteiger partial charge in [-0.2, -0.15) is 0 Å². The Hall–Kier alpha value is -3.29. The number of benzene rings is 3. The van der Waals surface area contributed by atoms with Crippen molar-refractivity contribution in [2.45, 2.75) is 44.2 Å². The summed E-state index contributed by atoms with van der Waals surface area (Å²) in [6.07, 6.45) is 1.74. The van der Waals surface area contributed by atoms with E-state index in [-0.39, 0.29) is 29.2 Å². The van der Waals surface area contributed by atoms with Gasteiger partial charge in [0.1, 0.15) is 0 Å². The SMILES string of the molecule is Cc1ccc(C(=O)c2ccccc2C(=O)NCc2ccc(S(=O)(=O)NC3CC3)cc2)cc1C. The highest BCUT2D eigenvalue weighted by molar-refractivity contribution is 7.89. The highest BCUT2D eigenvalue weighted by atomic mass is 32.2. The van der Waals surface area contributed by atoms with Gasteiger partial charge in [-0.1, -0.05) is 42.5 Å². The Morgan fingerprint density at radius 2 is 1.55 bits per heavy atom. The van der Waals surface area contributed by atoms with Crippen LogP contribution in [0.25, 0.3) is 0 Å². The minimum atomic E-state index is -3.51. The maximum absolute atomic E-state index is 13.1. The molecule has 7 heteroatoms. The summed E-state index contributed by atoms with van der Waals surface area (Å²) in [6, 6.07) is 18.7. The van der Waals surface area contributed by atoms with E-state index in [4.69, 9.17) is 0 Å². The lowest BCUT2D eigenvalue weighted by Crippen LogP contribution is -2.26. The molecule has 0 spiro atoms. The Labute approximate surface area is 194 Å². The van der Waals surface area contributed by atoms with Gasteiger partial charge in [0, 0.05) is 23.7 Å².